The number of carbonyl (C=O) groups excluding carboxylic acids is 1. The van der Waals surface area contributed by atoms with E-state index >= 15 is 0 Å². The summed E-state index contributed by atoms with van der Waals surface area (Å²) in [5.74, 6) is -0.0877. The van der Waals surface area contributed by atoms with E-state index in [0.29, 0.717) is 13.0 Å². The quantitative estimate of drug-likeness (QED) is 0.307. The molecule has 0 aliphatic heterocycles. The Morgan fingerprint density at radius 3 is 2.36 bits per heavy atom. The Bertz CT molecular complexity index is 651. The van der Waals surface area contributed by atoms with Gasteiger partial charge in [0.15, 0.2) is 0 Å². The second kappa shape index (κ2) is 9.67. The molecule has 0 bridgehead atoms. The van der Waals surface area contributed by atoms with Crippen LogP contribution in [0.15, 0.2) is 59.5 Å². The van der Waals surface area contributed by atoms with E-state index in [1.54, 1.807) is 0 Å². The van der Waals surface area contributed by atoms with Gasteiger partial charge in [-0.25, -0.2) is 0 Å². The number of carbonyl (C=O) groups is 1. The molecule has 0 fully saturated rings. The van der Waals surface area contributed by atoms with E-state index in [2.05, 4.69) is 62.4 Å². The number of esters is 1. The number of benzene rings is 2. The minimum Gasteiger partial charge on any atom is -0.466 e. The third-order valence-electron chi connectivity index (χ3n) is 4.34. The van der Waals surface area contributed by atoms with Crippen molar-refractivity contribution in [2.24, 2.45) is 0 Å². The van der Waals surface area contributed by atoms with E-state index in [-0.39, 0.29) is 10.7 Å². The fourth-order valence-electron chi connectivity index (χ4n) is 2.87. The highest BCUT2D eigenvalue weighted by Crippen LogP contribution is 2.45. The topological polar surface area (TPSA) is 26.3 Å². The second-order valence-corrected chi connectivity index (χ2v) is 8.10. The molecule has 0 amide bonds. The molecule has 0 aliphatic rings. The Kier molecular flexibility index (Phi) is 7.57. The van der Waals surface area contributed by atoms with Crippen LogP contribution in [0.25, 0.3) is 0 Å². The molecule has 2 aromatic carbocycles. The van der Waals surface area contributed by atoms with Gasteiger partial charge < -0.3 is 4.74 Å². The Morgan fingerprint density at radius 2 is 1.72 bits per heavy atom. The molecule has 25 heavy (non-hydrogen) atoms. The van der Waals surface area contributed by atoms with Gasteiger partial charge in [0.25, 0.3) is 0 Å². The standard InChI is InChI=1S/C22H28O2S/c1-4-24-21(23)12-8-9-17-22(3,19-15-13-18(2)14-16-19)25-20-10-6-5-7-11-20/h5-7,10-11,13-16H,4,8-9,12,17H2,1-3H3. The van der Waals surface area contributed by atoms with E-state index in [9.17, 15) is 4.79 Å². The normalized spacial score (nSPS) is 13.2. The summed E-state index contributed by atoms with van der Waals surface area (Å²) in [4.78, 5) is 12.8. The lowest BCUT2D eigenvalue weighted by Gasteiger charge is -2.30. The van der Waals surface area contributed by atoms with E-state index < -0.39 is 0 Å². The second-order valence-electron chi connectivity index (χ2n) is 6.52. The first kappa shape index (κ1) is 19.6. The van der Waals surface area contributed by atoms with Crippen LogP contribution in [0.2, 0.25) is 0 Å². The Labute approximate surface area is 156 Å². The third kappa shape index (κ3) is 6.24. The number of rotatable bonds is 9. The van der Waals surface area contributed by atoms with Crippen LogP contribution in [0.4, 0.5) is 0 Å². The lowest BCUT2D eigenvalue weighted by atomic mass is 9.93. The molecule has 0 heterocycles. The average Bonchev–Trinajstić information content (AvgIpc) is 2.60. The first-order chi connectivity index (χ1) is 12.0. The van der Waals surface area contributed by atoms with Crippen molar-refractivity contribution in [2.75, 3.05) is 6.61 Å². The monoisotopic (exact) mass is 356 g/mol. The van der Waals surface area contributed by atoms with Gasteiger partial charge in [0.1, 0.15) is 0 Å². The van der Waals surface area contributed by atoms with Crippen molar-refractivity contribution in [3.63, 3.8) is 0 Å². The predicted octanol–water partition coefficient (Wildman–Crippen LogP) is 6.13. The summed E-state index contributed by atoms with van der Waals surface area (Å²) in [5.41, 5.74) is 2.61. The van der Waals surface area contributed by atoms with Crippen molar-refractivity contribution in [1.82, 2.24) is 0 Å². The van der Waals surface area contributed by atoms with Crippen molar-refractivity contribution >= 4 is 17.7 Å². The van der Waals surface area contributed by atoms with Gasteiger partial charge in [0.05, 0.1) is 6.61 Å². The number of hydrogen-bond donors (Lipinski definition) is 0. The summed E-state index contributed by atoms with van der Waals surface area (Å²) in [6.07, 6.45) is 3.40. The molecule has 1 unspecified atom stereocenters. The zero-order valence-electron chi connectivity index (χ0n) is 15.5. The van der Waals surface area contributed by atoms with Gasteiger partial charge in [-0.15, -0.1) is 11.8 Å². The summed E-state index contributed by atoms with van der Waals surface area (Å²) < 4.78 is 5.01. The molecule has 1 atom stereocenters. The smallest absolute Gasteiger partial charge is 0.305 e. The minimum atomic E-state index is -0.0877. The fourth-order valence-corrected chi connectivity index (χ4v) is 4.19. The van der Waals surface area contributed by atoms with Crippen LogP contribution in [0, 0.1) is 6.92 Å². The SMILES string of the molecule is CCOC(=O)CCCCC(C)(Sc1ccccc1)c1ccc(C)cc1. The summed E-state index contributed by atoms with van der Waals surface area (Å²) >= 11 is 1.90. The zero-order chi connectivity index (χ0) is 18.1. The highest BCUT2D eigenvalue weighted by atomic mass is 32.2. The number of ether oxygens (including phenoxy) is 1. The van der Waals surface area contributed by atoms with Crippen LogP contribution < -0.4 is 0 Å². The molecule has 0 saturated carbocycles. The summed E-state index contributed by atoms with van der Waals surface area (Å²) in [6, 6.07) is 19.4. The molecule has 0 aromatic heterocycles. The summed E-state index contributed by atoms with van der Waals surface area (Å²) in [6.45, 7) is 6.73. The van der Waals surface area contributed by atoms with Crippen LogP contribution >= 0.6 is 11.8 Å². The van der Waals surface area contributed by atoms with E-state index in [1.165, 1.54) is 16.0 Å². The van der Waals surface area contributed by atoms with Gasteiger partial charge in [-0.3, -0.25) is 4.79 Å². The lowest BCUT2D eigenvalue weighted by molar-refractivity contribution is -0.143. The van der Waals surface area contributed by atoms with Gasteiger partial charge in [-0.2, -0.15) is 0 Å². The molecule has 0 saturated heterocycles. The van der Waals surface area contributed by atoms with E-state index in [1.807, 2.05) is 24.8 Å². The van der Waals surface area contributed by atoms with E-state index in [0.717, 1.165) is 19.3 Å². The molecule has 0 radical (unpaired) electrons. The summed E-state index contributed by atoms with van der Waals surface area (Å²) in [5, 5.41) is 0. The maximum absolute atomic E-state index is 11.5. The first-order valence-electron chi connectivity index (χ1n) is 9.00. The van der Waals surface area contributed by atoms with Crippen LogP contribution in [0.3, 0.4) is 0 Å². The van der Waals surface area contributed by atoms with E-state index in [4.69, 9.17) is 4.74 Å². The van der Waals surface area contributed by atoms with Crippen molar-refractivity contribution < 1.29 is 9.53 Å². The maximum atomic E-state index is 11.5. The number of aryl methyl sites for hydroxylation is 1. The lowest BCUT2D eigenvalue weighted by Crippen LogP contribution is -2.17. The predicted molar refractivity (Wildman–Crippen MR) is 106 cm³/mol. The van der Waals surface area contributed by atoms with Crippen LogP contribution in [-0.2, 0) is 14.3 Å². The van der Waals surface area contributed by atoms with Crippen molar-refractivity contribution in [3.05, 3.63) is 65.7 Å². The fraction of sp³-hybridized carbons (Fsp3) is 0.409. The van der Waals surface area contributed by atoms with Crippen molar-refractivity contribution in [2.45, 2.75) is 56.1 Å². The number of hydrogen-bond acceptors (Lipinski definition) is 3. The molecule has 2 aromatic rings. The Morgan fingerprint density at radius 1 is 1.04 bits per heavy atom. The van der Waals surface area contributed by atoms with Gasteiger partial charge in [0.2, 0.25) is 0 Å². The molecule has 2 nitrogen and oxygen atoms in total. The minimum absolute atomic E-state index is 0.0102. The number of thioether (sulfide) groups is 1. The van der Waals surface area contributed by atoms with Crippen LogP contribution in [-0.4, -0.2) is 12.6 Å². The highest BCUT2D eigenvalue weighted by molar-refractivity contribution is 8.00. The largest absolute Gasteiger partial charge is 0.466 e. The van der Waals surface area contributed by atoms with Gasteiger partial charge in [0, 0.05) is 16.1 Å². The van der Waals surface area contributed by atoms with Gasteiger partial charge >= 0.3 is 5.97 Å². The molecule has 0 N–H and O–H groups in total. The van der Waals surface area contributed by atoms with Crippen molar-refractivity contribution in [3.8, 4) is 0 Å². The molecule has 2 rings (SSSR count). The number of unbranched alkanes of at least 4 members (excludes halogenated alkanes) is 1. The van der Waals surface area contributed by atoms with Crippen molar-refractivity contribution in [1.29, 1.82) is 0 Å². The van der Waals surface area contributed by atoms with Crippen LogP contribution in [0.5, 0.6) is 0 Å². The average molecular weight is 357 g/mol. The van der Waals surface area contributed by atoms with Gasteiger partial charge in [-0.05, 0) is 51.3 Å². The first-order valence-corrected chi connectivity index (χ1v) is 9.82. The molecule has 134 valence electrons. The highest BCUT2D eigenvalue weighted by Gasteiger charge is 2.27. The molecule has 0 aliphatic carbocycles. The third-order valence-corrected chi connectivity index (χ3v) is 5.74. The zero-order valence-corrected chi connectivity index (χ0v) is 16.3. The maximum Gasteiger partial charge on any atom is 0.305 e. The Balaban J connectivity index is 2.06. The molecular formula is C22H28O2S. The Hall–Kier alpha value is -1.74. The molecule has 0 spiro atoms. The molecular weight excluding hydrogens is 328 g/mol. The van der Waals surface area contributed by atoms with Crippen LogP contribution in [0.1, 0.15) is 50.7 Å². The van der Waals surface area contributed by atoms with Gasteiger partial charge in [-0.1, -0.05) is 54.4 Å². The summed E-state index contributed by atoms with van der Waals surface area (Å²) in [7, 11) is 0. The molecule has 3 heteroatoms.